The van der Waals surface area contributed by atoms with E-state index >= 15 is 0 Å². The summed E-state index contributed by atoms with van der Waals surface area (Å²) in [6.07, 6.45) is 2.10. The van der Waals surface area contributed by atoms with Crippen LogP contribution < -0.4 is 10.6 Å². The molecule has 1 heterocycles. The summed E-state index contributed by atoms with van der Waals surface area (Å²) in [4.78, 5) is 3.32. The minimum absolute atomic E-state index is 0.341. The van der Waals surface area contributed by atoms with Crippen molar-refractivity contribution in [2.45, 2.75) is 25.9 Å². The number of benzene rings is 1. The molecule has 3 nitrogen and oxygen atoms in total. The second kappa shape index (κ2) is 5.34. The fourth-order valence-electron chi connectivity index (χ4n) is 2.10. The predicted molar refractivity (Wildman–Crippen MR) is 73.2 cm³/mol. The lowest BCUT2D eigenvalue weighted by Crippen LogP contribution is -2.33. The van der Waals surface area contributed by atoms with Crippen molar-refractivity contribution in [3.8, 4) is 0 Å². The number of likely N-dealkylation sites (N-methyl/N-ethyl adjacent to an activating group) is 1. The summed E-state index contributed by atoms with van der Waals surface area (Å²) in [5, 5.41) is 8.15. The molecule has 0 bridgehead atoms. The maximum atomic E-state index is 3.47. The molecule has 2 rings (SSSR count). The van der Waals surface area contributed by atoms with Crippen molar-refractivity contribution in [3.63, 3.8) is 0 Å². The number of nitrogens with one attached hydrogen (secondary N) is 3. The number of aromatic nitrogens is 1. The highest BCUT2D eigenvalue weighted by Gasteiger charge is 2.13. The molecule has 0 aliphatic rings. The maximum Gasteiger partial charge on any atom is 0.0465 e. The molecule has 0 aliphatic carbocycles. The monoisotopic (exact) mass is 231 g/mol. The van der Waals surface area contributed by atoms with Gasteiger partial charge in [-0.1, -0.05) is 32.0 Å². The minimum Gasteiger partial charge on any atom is -0.361 e. The van der Waals surface area contributed by atoms with Gasteiger partial charge >= 0.3 is 0 Å². The first-order valence-electron chi connectivity index (χ1n) is 6.19. The number of hydrogen-bond acceptors (Lipinski definition) is 2. The average molecular weight is 231 g/mol. The Morgan fingerprint density at radius 3 is 2.71 bits per heavy atom. The van der Waals surface area contributed by atoms with Crippen LogP contribution in [0.3, 0.4) is 0 Å². The molecule has 0 fully saturated rings. The summed E-state index contributed by atoms with van der Waals surface area (Å²) in [5.74, 6) is 0. The molecule has 17 heavy (non-hydrogen) atoms. The van der Waals surface area contributed by atoms with E-state index in [0.717, 1.165) is 6.54 Å². The summed E-state index contributed by atoms with van der Waals surface area (Å²) in [7, 11) is 2.01. The van der Waals surface area contributed by atoms with Crippen molar-refractivity contribution in [2.75, 3.05) is 13.6 Å². The van der Waals surface area contributed by atoms with E-state index in [2.05, 4.69) is 59.9 Å². The van der Waals surface area contributed by atoms with E-state index in [1.165, 1.54) is 16.5 Å². The smallest absolute Gasteiger partial charge is 0.0465 e. The van der Waals surface area contributed by atoms with Gasteiger partial charge in [0.15, 0.2) is 0 Å². The van der Waals surface area contributed by atoms with Crippen LogP contribution in [0, 0.1) is 0 Å². The van der Waals surface area contributed by atoms with Crippen molar-refractivity contribution in [1.29, 1.82) is 0 Å². The SMILES string of the molecule is CNC(CNC(C)C)c1c[nH]c2ccccc12. The lowest BCUT2D eigenvalue weighted by Gasteiger charge is -2.18. The standard InChI is InChI=1S/C14H21N3/c1-10(2)16-9-14(15-3)12-8-17-13-7-5-4-6-11(12)13/h4-8,10,14-17H,9H2,1-3H3. The van der Waals surface area contributed by atoms with Crippen LogP contribution >= 0.6 is 0 Å². The second-order valence-electron chi connectivity index (χ2n) is 4.69. The van der Waals surface area contributed by atoms with Gasteiger partial charge in [0.25, 0.3) is 0 Å². The van der Waals surface area contributed by atoms with Crippen molar-refractivity contribution < 1.29 is 0 Å². The van der Waals surface area contributed by atoms with Gasteiger partial charge in [0.2, 0.25) is 0 Å². The fourth-order valence-corrected chi connectivity index (χ4v) is 2.10. The van der Waals surface area contributed by atoms with Gasteiger partial charge in [-0.3, -0.25) is 0 Å². The van der Waals surface area contributed by atoms with Gasteiger partial charge in [-0.05, 0) is 18.7 Å². The maximum absolute atomic E-state index is 3.47. The Morgan fingerprint density at radius 2 is 2.00 bits per heavy atom. The highest BCUT2D eigenvalue weighted by molar-refractivity contribution is 5.83. The van der Waals surface area contributed by atoms with Gasteiger partial charge in [0.05, 0.1) is 0 Å². The highest BCUT2D eigenvalue weighted by atomic mass is 15.0. The summed E-state index contributed by atoms with van der Waals surface area (Å²) in [5.41, 5.74) is 2.53. The summed E-state index contributed by atoms with van der Waals surface area (Å²) >= 11 is 0. The first-order chi connectivity index (χ1) is 8.22. The zero-order valence-corrected chi connectivity index (χ0v) is 10.7. The lowest BCUT2D eigenvalue weighted by atomic mass is 10.1. The number of fused-ring (bicyclic) bond motifs is 1. The van der Waals surface area contributed by atoms with E-state index in [1.807, 2.05) is 7.05 Å². The third-order valence-electron chi connectivity index (χ3n) is 3.08. The van der Waals surface area contributed by atoms with E-state index in [1.54, 1.807) is 0 Å². The van der Waals surface area contributed by atoms with Gasteiger partial charge in [-0.2, -0.15) is 0 Å². The van der Waals surface area contributed by atoms with Crippen LogP contribution in [0.2, 0.25) is 0 Å². The molecule has 0 spiro atoms. The van der Waals surface area contributed by atoms with Crippen LogP contribution in [0.5, 0.6) is 0 Å². The molecule has 3 heteroatoms. The van der Waals surface area contributed by atoms with Crippen LogP contribution in [-0.2, 0) is 0 Å². The van der Waals surface area contributed by atoms with E-state index in [4.69, 9.17) is 0 Å². The molecule has 1 aromatic heterocycles. The summed E-state index contributed by atoms with van der Waals surface area (Å²) in [6, 6.07) is 9.28. The zero-order valence-electron chi connectivity index (χ0n) is 10.7. The van der Waals surface area contributed by atoms with Crippen molar-refractivity contribution in [3.05, 3.63) is 36.0 Å². The molecule has 2 aromatic rings. The van der Waals surface area contributed by atoms with Crippen LogP contribution in [-0.4, -0.2) is 24.6 Å². The molecule has 1 unspecified atom stereocenters. The number of H-pyrrole nitrogens is 1. The first-order valence-corrected chi connectivity index (χ1v) is 6.19. The van der Waals surface area contributed by atoms with Crippen LogP contribution in [0.4, 0.5) is 0 Å². The van der Waals surface area contributed by atoms with Crippen molar-refractivity contribution >= 4 is 10.9 Å². The Labute approximate surface area is 103 Å². The number of rotatable bonds is 5. The van der Waals surface area contributed by atoms with E-state index in [0.29, 0.717) is 12.1 Å². The molecule has 1 aromatic carbocycles. The minimum atomic E-state index is 0.341. The Kier molecular flexibility index (Phi) is 3.82. The Bertz CT molecular complexity index is 473. The van der Waals surface area contributed by atoms with E-state index < -0.39 is 0 Å². The largest absolute Gasteiger partial charge is 0.361 e. The van der Waals surface area contributed by atoms with E-state index in [9.17, 15) is 0 Å². The third kappa shape index (κ3) is 2.68. The average Bonchev–Trinajstić information content (AvgIpc) is 2.74. The van der Waals surface area contributed by atoms with Gasteiger partial charge in [0, 0.05) is 35.7 Å². The van der Waals surface area contributed by atoms with Crippen molar-refractivity contribution in [1.82, 2.24) is 15.6 Å². The molecule has 0 saturated carbocycles. The summed E-state index contributed by atoms with van der Waals surface area (Å²) in [6.45, 7) is 5.28. The van der Waals surface area contributed by atoms with Gasteiger partial charge in [-0.15, -0.1) is 0 Å². The van der Waals surface area contributed by atoms with E-state index in [-0.39, 0.29) is 0 Å². The van der Waals surface area contributed by atoms with Crippen LogP contribution in [0.1, 0.15) is 25.5 Å². The quantitative estimate of drug-likeness (QED) is 0.739. The highest BCUT2D eigenvalue weighted by Crippen LogP contribution is 2.23. The second-order valence-corrected chi connectivity index (χ2v) is 4.69. The van der Waals surface area contributed by atoms with Gasteiger partial charge < -0.3 is 15.6 Å². The van der Waals surface area contributed by atoms with Gasteiger partial charge in [-0.25, -0.2) is 0 Å². The first kappa shape index (κ1) is 12.1. The molecule has 92 valence electrons. The number of para-hydroxylation sites is 1. The third-order valence-corrected chi connectivity index (χ3v) is 3.08. The van der Waals surface area contributed by atoms with Crippen LogP contribution in [0.25, 0.3) is 10.9 Å². The predicted octanol–water partition coefficient (Wildman–Crippen LogP) is 2.43. The molecular weight excluding hydrogens is 210 g/mol. The topological polar surface area (TPSA) is 39.8 Å². The Morgan fingerprint density at radius 1 is 1.24 bits per heavy atom. The molecular formula is C14H21N3. The summed E-state index contributed by atoms with van der Waals surface area (Å²) < 4.78 is 0. The molecule has 0 radical (unpaired) electrons. The normalized spacial score (nSPS) is 13.4. The molecule has 3 N–H and O–H groups in total. The molecule has 1 atom stereocenters. The molecule has 0 saturated heterocycles. The zero-order chi connectivity index (χ0) is 12.3. The molecule has 0 amide bonds. The lowest BCUT2D eigenvalue weighted by molar-refractivity contribution is 0.493. The Hall–Kier alpha value is -1.32. The molecule has 0 aliphatic heterocycles. The van der Waals surface area contributed by atoms with Gasteiger partial charge in [0.1, 0.15) is 0 Å². The number of aromatic amines is 1. The Balaban J connectivity index is 2.24. The van der Waals surface area contributed by atoms with Crippen LogP contribution in [0.15, 0.2) is 30.5 Å². The number of hydrogen-bond donors (Lipinski definition) is 3. The fraction of sp³-hybridized carbons (Fsp3) is 0.429. The van der Waals surface area contributed by atoms with Crippen molar-refractivity contribution in [2.24, 2.45) is 0 Å².